The van der Waals surface area contributed by atoms with Gasteiger partial charge in [-0.1, -0.05) is 24.3 Å². The first-order chi connectivity index (χ1) is 13.9. The van der Waals surface area contributed by atoms with E-state index in [1.807, 2.05) is 42.1 Å². The zero-order valence-electron chi connectivity index (χ0n) is 16.5. The number of nitrogens with one attached hydrogen (secondary N) is 2. The highest BCUT2D eigenvalue weighted by atomic mass is 19.4. The Bertz CT molecular complexity index is 788. The molecular formula is C20H27F3N6. The van der Waals surface area contributed by atoms with Crippen molar-refractivity contribution >= 4 is 5.96 Å². The predicted octanol–water partition coefficient (Wildman–Crippen LogP) is 2.62. The molecule has 29 heavy (non-hydrogen) atoms. The highest BCUT2D eigenvalue weighted by Crippen LogP contribution is 2.20. The Labute approximate surface area is 168 Å². The Balaban J connectivity index is 1.61. The molecule has 9 heteroatoms. The van der Waals surface area contributed by atoms with Crippen LogP contribution in [-0.4, -0.2) is 59.0 Å². The van der Waals surface area contributed by atoms with Crippen molar-refractivity contribution < 1.29 is 13.2 Å². The van der Waals surface area contributed by atoms with Crippen molar-refractivity contribution in [3.05, 3.63) is 53.9 Å². The summed E-state index contributed by atoms with van der Waals surface area (Å²) in [5.74, 6) is 0.625. The maximum atomic E-state index is 12.6. The molecule has 0 bridgehead atoms. The van der Waals surface area contributed by atoms with Gasteiger partial charge in [-0.15, -0.1) is 0 Å². The minimum absolute atomic E-state index is 0.0468. The molecule has 1 aliphatic heterocycles. The number of hydrogen-bond donors (Lipinski definition) is 2. The number of aromatic nitrogens is 2. The smallest absolute Gasteiger partial charge is 0.357 e. The summed E-state index contributed by atoms with van der Waals surface area (Å²) in [5, 5.41) is 10.7. The van der Waals surface area contributed by atoms with E-state index in [2.05, 4.69) is 26.8 Å². The Morgan fingerprint density at radius 3 is 2.72 bits per heavy atom. The monoisotopic (exact) mass is 408 g/mol. The number of benzene rings is 1. The van der Waals surface area contributed by atoms with E-state index in [-0.39, 0.29) is 6.04 Å². The first kappa shape index (κ1) is 21.2. The molecule has 0 radical (unpaired) electrons. The molecule has 0 spiro atoms. The second-order valence-corrected chi connectivity index (χ2v) is 7.15. The van der Waals surface area contributed by atoms with Crippen LogP contribution in [0.5, 0.6) is 0 Å². The van der Waals surface area contributed by atoms with E-state index >= 15 is 0 Å². The summed E-state index contributed by atoms with van der Waals surface area (Å²) >= 11 is 0. The third-order valence-electron chi connectivity index (χ3n) is 4.78. The molecule has 2 N–H and O–H groups in total. The van der Waals surface area contributed by atoms with E-state index in [1.165, 1.54) is 4.90 Å². The summed E-state index contributed by atoms with van der Waals surface area (Å²) in [7, 11) is 0. The summed E-state index contributed by atoms with van der Waals surface area (Å²) in [5.41, 5.74) is 2.22. The van der Waals surface area contributed by atoms with E-state index in [4.69, 9.17) is 0 Å². The van der Waals surface area contributed by atoms with E-state index in [9.17, 15) is 13.2 Å². The minimum atomic E-state index is -4.16. The number of halogens is 3. The Morgan fingerprint density at radius 1 is 1.24 bits per heavy atom. The van der Waals surface area contributed by atoms with Crippen molar-refractivity contribution in [1.29, 1.82) is 0 Å². The molecule has 1 fully saturated rings. The minimum Gasteiger partial charge on any atom is -0.357 e. The van der Waals surface area contributed by atoms with Gasteiger partial charge in [-0.05, 0) is 30.5 Å². The number of guanidine groups is 1. The molecule has 1 unspecified atom stereocenters. The molecule has 0 amide bonds. The van der Waals surface area contributed by atoms with Crippen molar-refractivity contribution in [2.45, 2.75) is 38.7 Å². The third-order valence-corrected chi connectivity index (χ3v) is 4.78. The van der Waals surface area contributed by atoms with Gasteiger partial charge in [0.25, 0.3) is 0 Å². The summed E-state index contributed by atoms with van der Waals surface area (Å²) in [6.07, 6.45) is 0.165. The lowest BCUT2D eigenvalue weighted by Crippen LogP contribution is -2.45. The van der Waals surface area contributed by atoms with E-state index in [0.29, 0.717) is 45.1 Å². The fourth-order valence-corrected chi connectivity index (χ4v) is 3.46. The lowest BCUT2D eigenvalue weighted by atomic mass is 10.1. The molecule has 3 rings (SSSR count). The zero-order chi connectivity index (χ0) is 20.7. The summed E-state index contributed by atoms with van der Waals surface area (Å²) in [6.45, 7) is 3.72. The number of rotatable bonds is 7. The van der Waals surface area contributed by atoms with Crippen LogP contribution in [0.25, 0.3) is 0 Å². The number of aliphatic imine (C=N–C) groups is 1. The van der Waals surface area contributed by atoms with Crippen LogP contribution in [0.15, 0.2) is 47.7 Å². The van der Waals surface area contributed by atoms with Crippen molar-refractivity contribution in [1.82, 2.24) is 25.3 Å². The molecule has 0 saturated carbocycles. The van der Waals surface area contributed by atoms with Crippen molar-refractivity contribution in [2.75, 3.05) is 26.2 Å². The Morgan fingerprint density at radius 2 is 2.03 bits per heavy atom. The van der Waals surface area contributed by atoms with Crippen molar-refractivity contribution in [2.24, 2.45) is 4.99 Å². The molecule has 0 aliphatic carbocycles. The van der Waals surface area contributed by atoms with Crippen LogP contribution >= 0.6 is 0 Å². The van der Waals surface area contributed by atoms with E-state index in [1.54, 1.807) is 6.20 Å². The van der Waals surface area contributed by atoms with Crippen LogP contribution in [0.2, 0.25) is 0 Å². The van der Waals surface area contributed by atoms with Crippen LogP contribution in [0.1, 0.15) is 24.5 Å². The lowest BCUT2D eigenvalue weighted by Gasteiger charge is -2.20. The number of nitrogens with zero attached hydrogens (tertiary/aromatic N) is 4. The van der Waals surface area contributed by atoms with Gasteiger partial charge in [-0.25, -0.2) is 4.99 Å². The first-order valence-electron chi connectivity index (χ1n) is 9.81. The van der Waals surface area contributed by atoms with Crippen molar-refractivity contribution in [3.63, 3.8) is 0 Å². The molecular weight excluding hydrogens is 381 g/mol. The van der Waals surface area contributed by atoms with Gasteiger partial charge in [-0.3, -0.25) is 9.58 Å². The second kappa shape index (κ2) is 9.78. The van der Waals surface area contributed by atoms with Crippen LogP contribution in [-0.2, 0) is 13.1 Å². The number of likely N-dealkylation sites (tertiary alicyclic amines) is 1. The maximum absolute atomic E-state index is 12.6. The maximum Gasteiger partial charge on any atom is 0.401 e. The van der Waals surface area contributed by atoms with Crippen LogP contribution in [0.4, 0.5) is 13.2 Å². The van der Waals surface area contributed by atoms with Crippen LogP contribution in [0, 0.1) is 0 Å². The van der Waals surface area contributed by atoms with Crippen molar-refractivity contribution in [3.8, 4) is 0 Å². The fourth-order valence-electron chi connectivity index (χ4n) is 3.46. The summed E-state index contributed by atoms with van der Waals surface area (Å²) in [6, 6.07) is 9.89. The normalized spacial score (nSPS) is 18.2. The van der Waals surface area contributed by atoms with Crippen LogP contribution in [0.3, 0.4) is 0 Å². The summed E-state index contributed by atoms with van der Waals surface area (Å²) in [4.78, 5) is 6.09. The third kappa shape index (κ3) is 6.77. The highest BCUT2D eigenvalue weighted by molar-refractivity contribution is 5.80. The molecule has 1 aromatic heterocycles. The molecule has 1 aromatic carbocycles. The van der Waals surface area contributed by atoms with Gasteiger partial charge in [0.2, 0.25) is 0 Å². The number of alkyl halides is 3. The quantitative estimate of drug-likeness (QED) is 0.546. The Hall–Kier alpha value is -2.55. The van der Waals surface area contributed by atoms with Gasteiger partial charge in [0.15, 0.2) is 5.96 Å². The van der Waals surface area contributed by atoms with Gasteiger partial charge in [0.05, 0.1) is 19.6 Å². The second-order valence-electron chi connectivity index (χ2n) is 7.15. The van der Waals surface area contributed by atoms with Gasteiger partial charge in [0, 0.05) is 38.1 Å². The average Bonchev–Trinajstić information content (AvgIpc) is 3.32. The van der Waals surface area contributed by atoms with Gasteiger partial charge < -0.3 is 10.6 Å². The molecule has 1 saturated heterocycles. The molecule has 1 atom stereocenters. The zero-order valence-corrected chi connectivity index (χ0v) is 16.5. The largest absolute Gasteiger partial charge is 0.401 e. The van der Waals surface area contributed by atoms with Gasteiger partial charge in [-0.2, -0.15) is 18.3 Å². The van der Waals surface area contributed by atoms with Crippen LogP contribution < -0.4 is 10.6 Å². The summed E-state index contributed by atoms with van der Waals surface area (Å²) < 4.78 is 39.6. The molecule has 1 aliphatic rings. The standard InChI is InChI=1S/C20H27F3N6/c1-2-24-19(27-18-8-11-28(14-18)15-20(21,22)23)25-12-16-6-3-4-7-17(16)13-29-10-5-9-26-29/h3-7,9-10,18H,2,8,11-15H2,1H3,(H2,24,25,27). The van der Waals surface area contributed by atoms with E-state index < -0.39 is 12.7 Å². The molecule has 6 nitrogen and oxygen atoms in total. The predicted molar refractivity (Wildman–Crippen MR) is 107 cm³/mol. The lowest BCUT2D eigenvalue weighted by molar-refractivity contribution is -0.143. The Kier molecular flexibility index (Phi) is 7.13. The first-order valence-corrected chi connectivity index (χ1v) is 9.81. The molecule has 2 aromatic rings. The molecule has 2 heterocycles. The fraction of sp³-hybridized carbons (Fsp3) is 0.500. The topological polar surface area (TPSA) is 57.5 Å². The average molecular weight is 408 g/mol. The highest BCUT2D eigenvalue weighted by Gasteiger charge is 2.34. The number of hydrogen-bond acceptors (Lipinski definition) is 3. The molecule has 158 valence electrons. The SMILES string of the molecule is CCNC(=NCc1ccccc1Cn1cccn1)NC1CCN(CC(F)(F)F)C1. The van der Waals surface area contributed by atoms with Gasteiger partial charge in [0.1, 0.15) is 0 Å². The van der Waals surface area contributed by atoms with Gasteiger partial charge >= 0.3 is 6.18 Å². The van der Waals surface area contributed by atoms with E-state index in [0.717, 1.165) is 11.1 Å².